The molecule has 0 radical (unpaired) electrons. The molecule has 1 fully saturated rings. The molecule has 4 rings (SSSR count). The number of benzene rings is 1. The van der Waals surface area contributed by atoms with Crippen LogP contribution in [0.5, 0.6) is 0 Å². The first kappa shape index (κ1) is 17.5. The number of H-pyrrole nitrogens is 1. The van der Waals surface area contributed by atoms with E-state index in [-0.39, 0.29) is 12.0 Å². The van der Waals surface area contributed by atoms with E-state index in [1.807, 2.05) is 66.9 Å². The summed E-state index contributed by atoms with van der Waals surface area (Å²) in [6.45, 7) is 5.57. The van der Waals surface area contributed by atoms with Crippen LogP contribution in [0.3, 0.4) is 0 Å². The van der Waals surface area contributed by atoms with Crippen molar-refractivity contribution in [1.29, 1.82) is 0 Å². The first-order valence-electron chi connectivity index (χ1n) is 9.06. The Morgan fingerprint density at radius 1 is 1.26 bits per heavy atom. The Morgan fingerprint density at radius 2 is 2.04 bits per heavy atom. The first-order chi connectivity index (χ1) is 13.0. The van der Waals surface area contributed by atoms with Gasteiger partial charge in [-0.1, -0.05) is 30.3 Å². The lowest BCUT2D eigenvalue weighted by molar-refractivity contribution is -0.0230. The number of aromatic amines is 1. The fourth-order valence-corrected chi connectivity index (χ4v) is 3.58. The fraction of sp³-hybridized carbons (Fsp3) is 0.350. The minimum Gasteiger partial charge on any atom is -0.370 e. The SMILES string of the molecule is Cc1nn(C)c(C)c1-c1cc(C(=O)N2CCO[C@H](c3ccccc3)C2)[nH]n1. The molecule has 27 heavy (non-hydrogen) atoms. The minimum absolute atomic E-state index is 0.0582. The molecule has 1 aliphatic rings. The van der Waals surface area contributed by atoms with E-state index in [1.54, 1.807) is 0 Å². The molecule has 140 valence electrons. The van der Waals surface area contributed by atoms with Crippen LogP contribution >= 0.6 is 0 Å². The van der Waals surface area contributed by atoms with Crippen molar-refractivity contribution in [2.24, 2.45) is 7.05 Å². The summed E-state index contributed by atoms with van der Waals surface area (Å²) in [5, 5.41) is 11.7. The molecule has 0 aliphatic carbocycles. The van der Waals surface area contributed by atoms with E-state index in [9.17, 15) is 4.79 Å². The number of rotatable bonds is 3. The number of morpholine rings is 1. The molecular formula is C20H23N5O2. The molecule has 0 saturated carbocycles. The van der Waals surface area contributed by atoms with Gasteiger partial charge in [0.25, 0.3) is 5.91 Å². The molecule has 1 atom stereocenters. The number of nitrogens with one attached hydrogen (secondary N) is 1. The number of aryl methyl sites for hydroxylation is 2. The van der Waals surface area contributed by atoms with Crippen molar-refractivity contribution in [3.05, 3.63) is 59.0 Å². The Morgan fingerprint density at radius 3 is 2.74 bits per heavy atom. The molecule has 1 amide bonds. The van der Waals surface area contributed by atoms with E-state index in [2.05, 4.69) is 15.3 Å². The highest BCUT2D eigenvalue weighted by atomic mass is 16.5. The summed E-state index contributed by atoms with van der Waals surface area (Å²) >= 11 is 0. The number of hydrogen-bond acceptors (Lipinski definition) is 4. The molecule has 0 bridgehead atoms. The number of amides is 1. The van der Waals surface area contributed by atoms with E-state index >= 15 is 0 Å². The molecule has 0 spiro atoms. The quantitative estimate of drug-likeness (QED) is 0.774. The van der Waals surface area contributed by atoms with Gasteiger partial charge in [0.2, 0.25) is 0 Å². The van der Waals surface area contributed by atoms with Crippen LogP contribution < -0.4 is 0 Å². The smallest absolute Gasteiger partial charge is 0.272 e. The largest absolute Gasteiger partial charge is 0.370 e. The van der Waals surface area contributed by atoms with Gasteiger partial charge < -0.3 is 9.64 Å². The third kappa shape index (κ3) is 3.26. The molecule has 1 N–H and O–H groups in total. The van der Waals surface area contributed by atoms with Gasteiger partial charge in [-0.2, -0.15) is 10.2 Å². The van der Waals surface area contributed by atoms with Gasteiger partial charge in [-0.05, 0) is 25.5 Å². The van der Waals surface area contributed by atoms with Gasteiger partial charge in [-0.15, -0.1) is 0 Å². The van der Waals surface area contributed by atoms with Gasteiger partial charge >= 0.3 is 0 Å². The van der Waals surface area contributed by atoms with Crippen LogP contribution in [0, 0.1) is 13.8 Å². The maximum absolute atomic E-state index is 13.0. The van der Waals surface area contributed by atoms with E-state index in [1.165, 1.54) is 0 Å². The third-order valence-electron chi connectivity index (χ3n) is 5.10. The molecule has 1 aromatic carbocycles. The second-order valence-corrected chi connectivity index (χ2v) is 6.86. The molecule has 3 heterocycles. The molecule has 1 aliphatic heterocycles. The topological polar surface area (TPSA) is 76.0 Å². The van der Waals surface area contributed by atoms with Crippen molar-refractivity contribution in [3.63, 3.8) is 0 Å². The zero-order chi connectivity index (χ0) is 19.0. The Kier molecular flexibility index (Phi) is 4.53. The normalized spacial score (nSPS) is 17.3. The predicted molar refractivity (Wildman–Crippen MR) is 101 cm³/mol. The van der Waals surface area contributed by atoms with Crippen molar-refractivity contribution in [2.45, 2.75) is 20.0 Å². The summed E-state index contributed by atoms with van der Waals surface area (Å²) in [6.07, 6.45) is -0.103. The number of nitrogens with zero attached hydrogens (tertiary/aromatic N) is 4. The molecule has 7 heteroatoms. The van der Waals surface area contributed by atoms with Gasteiger partial charge in [0.15, 0.2) is 0 Å². The van der Waals surface area contributed by atoms with Gasteiger partial charge in [0.05, 0.1) is 24.5 Å². The molecule has 2 aromatic heterocycles. The predicted octanol–water partition coefficient (Wildman–Crippen LogP) is 2.64. The van der Waals surface area contributed by atoms with E-state index in [0.717, 1.165) is 28.2 Å². The van der Waals surface area contributed by atoms with Crippen molar-refractivity contribution in [2.75, 3.05) is 19.7 Å². The maximum Gasteiger partial charge on any atom is 0.272 e. The lowest BCUT2D eigenvalue weighted by Crippen LogP contribution is -2.42. The minimum atomic E-state index is -0.103. The van der Waals surface area contributed by atoms with Gasteiger partial charge in [-0.25, -0.2) is 0 Å². The Labute approximate surface area is 157 Å². The highest BCUT2D eigenvalue weighted by molar-refractivity contribution is 5.93. The summed E-state index contributed by atoms with van der Waals surface area (Å²) < 4.78 is 7.68. The summed E-state index contributed by atoms with van der Waals surface area (Å²) in [4.78, 5) is 14.8. The van der Waals surface area contributed by atoms with Crippen LogP contribution in [0.2, 0.25) is 0 Å². The monoisotopic (exact) mass is 365 g/mol. The molecule has 0 unspecified atom stereocenters. The zero-order valence-corrected chi connectivity index (χ0v) is 15.8. The second-order valence-electron chi connectivity index (χ2n) is 6.86. The van der Waals surface area contributed by atoms with E-state index in [0.29, 0.717) is 25.4 Å². The number of carbonyl (C=O) groups excluding carboxylic acids is 1. The van der Waals surface area contributed by atoms with Crippen molar-refractivity contribution >= 4 is 5.91 Å². The standard InChI is InChI=1S/C20H23N5O2/c1-13-19(14(2)24(3)23-13)16-11-17(22-21-16)20(26)25-9-10-27-18(12-25)15-7-5-4-6-8-15/h4-8,11,18H,9-10,12H2,1-3H3,(H,21,22)/t18-/m0/s1. The highest BCUT2D eigenvalue weighted by Crippen LogP contribution is 2.27. The van der Waals surface area contributed by atoms with Crippen LogP contribution in [-0.2, 0) is 11.8 Å². The van der Waals surface area contributed by atoms with Crippen molar-refractivity contribution in [1.82, 2.24) is 24.9 Å². The van der Waals surface area contributed by atoms with Crippen LogP contribution in [0.15, 0.2) is 36.4 Å². The second kappa shape index (κ2) is 7.00. The number of aromatic nitrogens is 4. The van der Waals surface area contributed by atoms with Gasteiger partial charge in [-0.3, -0.25) is 14.6 Å². The highest BCUT2D eigenvalue weighted by Gasteiger charge is 2.27. The molecular weight excluding hydrogens is 342 g/mol. The Bertz CT molecular complexity index is 960. The number of ether oxygens (including phenoxy) is 1. The zero-order valence-electron chi connectivity index (χ0n) is 15.8. The van der Waals surface area contributed by atoms with Crippen LogP contribution in [0.1, 0.15) is 33.5 Å². The summed E-state index contributed by atoms with van der Waals surface area (Å²) in [5.74, 6) is -0.0582. The molecule has 7 nitrogen and oxygen atoms in total. The summed E-state index contributed by atoms with van der Waals surface area (Å²) in [7, 11) is 1.90. The molecule has 1 saturated heterocycles. The van der Waals surface area contributed by atoms with Gasteiger partial charge in [0.1, 0.15) is 11.8 Å². The summed E-state index contributed by atoms with van der Waals surface area (Å²) in [5.41, 5.74) is 5.21. The van der Waals surface area contributed by atoms with Crippen LogP contribution in [0.25, 0.3) is 11.3 Å². The maximum atomic E-state index is 13.0. The van der Waals surface area contributed by atoms with Crippen LogP contribution in [-0.4, -0.2) is 50.5 Å². The summed E-state index contributed by atoms with van der Waals surface area (Å²) in [6, 6.07) is 11.8. The number of hydrogen-bond donors (Lipinski definition) is 1. The lowest BCUT2D eigenvalue weighted by Gasteiger charge is -2.32. The fourth-order valence-electron chi connectivity index (χ4n) is 3.58. The first-order valence-corrected chi connectivity index (χ1v) is 9.06. The van der Waals surface area contributed by atoms with Crippen molar-refractivity contribution in [3.8, 4) is 11.3 Å². The van der Waals surface area contributed by atoms with Crippen LogP contribution in [0.4, 0.5) is 0 Å². The molecule has 3 aromatic rings. The Hall–Kier alpha value is -2.93. The number of carbonyl (C=O) groups is 1. The third-order valence-corrected chi connectivity index (χ3v) is 5.10. The van der Waals surface area contributed by atoms with Crippen molar-refractivity contribution < 1.29 is 9.53 Å². The lowest BCUT2D eigenvalue weighted by atomic mass is 10.1. The Balaban J connectivity index is 1.54. The average Bonchev–Trinajstić information content (AvgIpc) is 3.26. The average molecular weight is 365 g/mol. The van der Waals surface area contributed by atoms with E-state index < -0.39 is 0 Å². The van der Waals surface area contributed by atoms with Gasteiger partial charge in [0, 0.05) is 24.8 Å². The van der Waals surface area contributed by atoms with E-state index in [4.69, 9.17) is 4.74 Å².